The third-order valence-electron chi connectivity index (χ3n) is 2.77. The predicted octanol–water partition coefficient (Wildman–Crippen LogP) is 2.39. The first-order valence-corrected chi connectivity index (χ1v) is 7.75. The van der Waals surface area contributed by atoms with Crippen molar-refractivity contribution >= 4 is 27.7 Å². The summed E-state index contributed by atoms with van der Waals surface area (Å²) in [5.74, 6) is 0.453. The number of nitrogens with zero attached hydrogens (tertiary/aromatic N) is 2. The second-order valence-corrected chi connectivity index (χ2v) is 5.87. The highest BCUT2D eigenvalue weighted by Gasteiger charge is 2.10. The van der Waals surface area contributed by atoms with E-state index in [-0.39, 0.29) is 12.6 Å². The summed E-state index contributed by atoms with van der Waals surface area (Å²) in [4.78, 5) is 0. The molecule has 0 saturated carbocycles. The highest BCUT2D eigenvalue weighted by Crippen LogP contribution is 2.17. The van der Waals surface area contributed by atoms with Crippen LogP contribution in [-0.4, -0.2) is 33.1 Å². The number of halogens is 1. The minimum atomic E-state index is -0.591. The lowest BCUT2D eigenvalue weighted by atomic mass is 10.1. The van der Waals surface area contributed by atoms with Crippen LogP contribution in [0.4, 0.5) is 0 Å². The van der Waals surface area contributed by atoms with Crippen LogP contribution < -0.4 is 10.1 Å². The molecule has 5 nitrogen and oxygen atoms in total. The normalized spacial score (nSPS) is 13.9. The Bertz CT molecular complexity index is 524. The Morgan fingerprint density at radius 1 is 1.50 bits per heavy atom. The van der Waals surface area contributed by atoms with Gasteiger partial charge in [0.25, 0.3) is 0 Å². The summed E-state index contributed by atoms with van der Waals surface area (Å²) < 4.78 is 14.1. The van der Waals surface area contributed by atoms with Crippen molar-refractivity contribution in [3.05, 3.63) is 40.5 Å². The summed E-state index contributed by atoms with van der Waals surface area (Å²) in [7, 11) is 0. The molecule has 0 aliphatic carbocycles. The van der Waals surface area contributed by atoms with Crippen molar-refractivity contribution in [2.45, 2.75) is 19.1 Å². The summed E-state index contributed by atoms with van der Waals surface area (Å²) in [5.41, 5.74) is 1.16. The van der Waals surface area contributed by atoms with E-state index in [0.29, 0.717) is 12.4 Å². The van der Waals surface area contributed by atoms with Crippen LogP contribution >= 0.6 is 27.7 Å². The van der Waals surface area contributed by atoms with Gasteiger partial charge in [0.2, 0.25) is 5.88 Å². The van der Waals surface area contributed by atoms with Crippen LogP contribution in [0, 0.1) is 0 Å². The molecule has 20 heavy (non-hydrogen) atoms. The summed E-state index contributed by atoms with van der Waals surface area (Å²) in [6.45, 7) is 2.70. The molecule has 0 aliphatic heterocycles. The molecule has 1 aromatic heterocycles. The van der Waals surface area contributed by atoms with Gasteiger partial charge in [-0.1, -0.05) is 28.1 Å². The quantitative estimate of drug-likeness (QED) is 0.796. The van der Waals surface area contributed by atoms with E-state index in [1.807, 2.05) is 18.2 Å². The largest absolute Gasteiger partial charge is 0.473 e. The van der Waals surface area contributed by atoms with Crippen LogP contribution in [0.15, 0.2) is 34.9 Å². The van der Waals surface area contributed by atoms with Crippen LogP contribution in [0.5, 0.6) is 5.88 Å². The van der Waals surface area contributed by atoms with E-state index < -0.39 is 6.10 Å². The van der Waals surface area contributed by atoms with Crippen LogP contribution in [0.1, 0.15) is 18.5 Å². The molecule has 0 fully saturated rings. The van der Waals surface area contributed by atoms with E-state index >= 15 is 0 Å². The van der Waals surface area contributed by atoms with Gasteiger partial charge in [-0.2, -0.15) is 4.37 Å². The molecule has 2 aromatic rings. The van der Waals surface area contributed by atoms with E-state index in [1.165, 1.54) is 6.20 Å². The van der Waals surface area contributed by atoms with Crippen molar-refractivity contribution in [3.8, 4) is 5.88 Å². The third kappa shape index (κ3) is 4.82. The molecule has 0 aliphatic rings. The molecule has 2 unspecified atom stereocenters. The van der Waals surface area contributed by atoms with Gasteiger partial charge in [0.1, 0.15) is 18.9 Å². The zero-order valence-electron chi connectivity index (χ0n) is 11.0. The minimum Gasteiger partial charge on any atom is -0.473 e. The Morgan fingerprint density at radius 3 is 3.05 bits per heavy atom. The maximum atomic E-state index is 9.86. The van der Waals surface area contributed by atoms with Gasteiger partial charge in [-0.25, -0.2) is 0 Å². The molecule has 1 aromatic carbocycles. The van der Waals surface area contributed by atoms with Gasteiger partial charge in [-0.3, -0.25) is 0 Å². The number of hydrogen-bond acceptors (Lipinski definition) is 6. The molecule has 0 radical (unpaired) electrons. The number of nitrogens with one attached hydrogen (secondary N) is 1. The van der Waals surface area contributed by atoms with E-state index in [1.54, 1.807) is 0 Å². The molecule has 0 amide bonds. The van der Waals surface area contributed by atoms with E-state index in [2.05, 4.69) is 43.0 Å². The molecule has 0 bridgehead atoms. The van der Waals surface area contributed by atoms with Gasteiger partial charge < -0.3 is 15.2 Å². The van der Waals surface area contributed by atoms with E-state index in [9.17, 15) is 5.11 Å². The van der Waals surface area contributed by atoms with Crippen molar-refractivity contribution in [1.29, 1.82) is 0 Å². The first kappa shape index (κ1) is 15.4. The number of rotatable bonds is 7. The summed E-state index contributed by atoms with van der Waals surface area (Å²) in [6.07, 6.45) is 0.945. The first-order valence-electron chi connectivity index (χ1n) is 6.22. The van der Waals surface area contributed by atoms with Gasteiger partial charge in [0.15, 0.2) is 0 Å². The highest BCUT2D eigenvalue weighted by molar-refractivity contribution is 9.10. The number of aromatic nitrogens is 2. The fourth-order valence-corrected chi connectivity index (χ4v) is 2.45. The number of aliphatic hydroxyl groups is 1. The second kappa shape index (κ2) is 7.68. The molecular weight excluding hydrogens is 342 g/mol. The number of hydrogen-bond donors (Lipinski definition) is 2. The van der Waals surface area contributed by atoms with Gasteiger partial charge >= 0.3 is 0 Å². The molecule has 0 saturated heterocycles. The Balaban J connectivity index is 1.73. The zero-order chi connectivity index (χ0) is 14.4. The molecule has 2 atom stereocenters. The van der Waals surface area contributed by atoms with Gasteiger partial charge in [0.05, 0.1) is 11.7 Å². The van der Waals surface area contributed by atoms with Crippen molar-refractivity contribution < 1.29 is 9.84 Å². The van der Waals surface area contributed by atoms with Crippen molar-refractivity contribution in [1.82, 2.24) is 14.1 Å². The Labute approximate surface area is 130 Å². The van der Waals surface area contributed by atoms with E-state index in [4.69, 9.17) is 4.74 Å². The van der Waals surface area contributed by atoms with Crippen molar-refractivity contribution in [2.75, 3.05) is 13.2 Å². The maximum absolute atomic E-state index is 9.86. The van der Waals surface area contributed by atoms with Crippen molar-refractivity contribution in [2.24, 2.45) is 0 Å². The number of aliphatic hydroxyl groups excluding tert-OH is 1. The average molecular weight is 358 g/mol. The Hall–Kier alpha value is -1.02. The van der Waals surface area contributed by atoms with Crippen LogP contribution in [0.25, 0.3) is 0 Å². The number of ether oxygens (including phenoxy) is 1. The average Bonchev–Trinajstić information content (AvgIpc) is 2.95. The van der Waals surface area contributed by atoms with Crippen LogP contribution in [0.2, 0.25) is 0 Å². The maximum Gasteiger partial charge on any atom is 0.245 e. The molecular formula is C13H16BrN3O2S. The molecule has 2 rings (SSSR count). The van der Waals surface area contributed by atoms with Gasteiger partial charge in [-0.05, 0) is 24.6 Å². The molecule has 2 N–H and O–H groups in total. The topological polar surface area (TPSA) is 67.3 Å². The van der Waals surface area contributed by atoms with Crippen LogP contribution in [-0.2, 0) is 0 Å². The fourth-order valence-electron chi connectivity index (χ4n) is 1.67. The van der Waals surface area contributed by atoms with Gasteiger partial charge in [0, 0.05) is 17.1 Å². The summed E-state index contributed by atoms with van der Waals surface area (Å²) >= 11 is 4.53. The molecule has 0 spiro atoms. The number of benzene rings is 1. The standard InChI is InChI=1S/C13H16BrN3O2S/c1-9(10-3-2-4-11(14)5-10)15-6-12(18)8-19-13-7-16-20-17-13/h2-5,7,9,12,15,18H,6,8H2,1H3. The first-order chi connectivity index (χ1) is 9.65. The highest BCUT2D eigenvalue weighted by atomic mass is 79.9. The predicted molar refractivity (Wildman–Crippen MR) is 82.0 cm³/mol. The smallest absolute Gasteiger partial charge is 0.245 e. The molecule has 108 valence electrons. The molecule has 7 heteroatoms. The Kier molecular flexibility index (Phi) is 5.90. The van der Waals surface area contributed by atoms with Gasteiger partial charge in [-0.15, -0.1) is 4.37 Å². The fraction of sp³-hybridized carbons (Fsp3) is 0.385. The SMILES string of the molecule is CC(NCC(O)COc1cnsn1)c1cccc(Br)c1. The third-order valence-corrected chi connectivity index (χ3v) is 3.73. The lowest BCUT2D eigenvalue weighted by Crippen LogP contribution is -2.33. The monoisotopic (exact) mass is 357 g/mol. The van der Waals surface area contributed by atoms with Crippen LogP contribution in [0.3, 0.4) is 0 Å². The molecule has 1 heterocycles. The lowest BCUT2D eigenvalue weighted by Gasteiger charge is -2.17. The second-order valence-electron chi connectivity index (χ2n) is 4.40. The van der Waals surface area contributed by atoms with E-state index in [0.717, 1.165) is 21.8 Å². The minimum absolute atomic E-state index is 0.156. The lowest BCUT2D eigenvalue weighted by molar-refractivity contribution is 0.102. The summed E-state index contributed by atoms with van der Waals surface area (Å²) in [5, 5.41) is 13.1. The summed E-state index contributed by atoms with van der Waals surface area (Å²) in [6, 6.07) is 8.24. The Morgan fingerprint density at radius 2 is 2.35 bits per heavy atom. The van der Waals surface area contributed by atoms with Crippen molar-refractivity contribution in [3.63, 3.8) is 0 Å². The zero-order valence-corrected chi connectivity index (χ0v) is 13.4.